The molecule has 2 aromatic heterocycles. The predicted molar refractivity (Wildman–Crippen MR) is 335 cm³/mol. The molecule has 1 aliphatic heterocycles. The first-order valence-corrected chi connectivity index (χ1v) is 27.9. The lowest BCUT2D eigenvalue weighted by atomic mass is 9.63. The van der Waals surface area contributed by atoms with E-state index in [9.17, 15) is 5.48 Å². The van der Waals surface area contributed by atoms with Gasteiger partial charge in [-0.1, -0.05) is 187 Å². The number of benzene rings is 8. The van der Waals surface area contributed by atoms with Crippen molar-refractivity contribution in [3.63, 3.8) is 0 Å². The molecule has 5 heteroatoms. The van der Waals surface area contributed by atoms with E-state index >= 15 is 0 Å². The number of fused-ring (bicyclic) bond motifs is 5. The number of rotatable bonds is 8. The number of nitrogens with zero attached hydrogens (tertiary/aromatic N) is 4. The molecule has 0 amide bonds. The summed E-state index contributed by atoms with van der Waals surface area (Å²) in [6, 6.07) is 47.1. The van der Waals surface area contributed by atoms with E-state index in [-0.39, 0.29) is 64.0 Å². The maximum atomic E-state index is 10.4. The normalized spacial score (nSPS) is 16.4. The van der Waals surface area contributed by atoms with Crippen molar-refractivity contribution in [2.45, 2.75) is 130 Å². The van der Waals surface area contributed by atoms with Crippen molar-refractivity contribution < 1.29 is 14.3 Å². The van der Waals surface area contributed by atoms with E-state index in [4.69, 9.17) is 13.8 Å². The minimum atomic E-state index is -0.610. The summed E-state index contributed by atoms with van der Waals surface area (Å²) in [6.07, 6.45) is 3.89. The van der Waals surface area contributed by atoms with Gasteiger partial charge in [-0.15, -0.1) is 0 Å². The van der Waals surface area contributed by atoms with E-state index < -0.39 is 5.41 Å². The molecule has 5 nitrogen and oxygen atoms in total. The first kappa shape index (κ1) is 44.0. The average molecular weight is 1040 g/mol. The Hall–Kier alpha value is -7.89. The van der Waals surface area contributed by atoms with E-state index in [0.717, 1.165) is 69.0 Å². The van der Waals surface area contributed by atoms with Crippen molar-refractivity contribution in [1.29, 1.82) is 0 Å². The molecule has 0 radical (unpaired) electrons. The summed E-state index contributed by atoms with van der Waals surface area (Å²) in [5, 5.41) is 1.06. The second-order valence-electron chi connectivity index (χ2n) is 26.3. The standard InChI is InChI=1S/C74H76N4O/c1-70(2,3)52-34-37-75-68(44-52)78-64-27-18-17-26-58(64)59-32-31-57(46-67(59)78)79-56-25-21-24-55(45-56)76-47-77(66-29-20-19-28-65(66)76)69-60(49-30-33-62-63(41-49)74(12,13)36-35-73(62,10)11)42-54(72(7,8)9)43-61(69)51-38-50(48-22-15-14-16-23-48)39-53(40-51)71(4,5)6/h14-34,37-46H,35-36,47H2,1-13H3/i17D,18D,26D,27D,38D,39D,40D. The van der Waals surface area contributed by atoms with Gasteiger partial charge in [-0.05, 0) is 163 Å². The maximum Gasteiger partial charge on any atom is 0.137 e. The fourth-order valence-electron chi connectivity index (χ4n) is 11.7. The summed E-state index contributed by atoms with van der Waals surface area (Å²) in [7, 11) is 0. The van der Waals surface area contributed by atoms with Gasteiger partial charge in [-0.3, -0.25) is 4.57 Å². The molecule has 79 heavy (non-hydrogen) atoms. The minimum absolute atomic E-state index is 0.00593. The van der Waals surface area contributed by atoms with E-state index in [1.807, 2.05) is 83.4 Å². The van der Waals surface area contributed by atoms with Crippen LogP contribution in [0.1, 0.15) is 140 Å². The van der Waals surface area contributed by atoms with Crippen molar-refractivity contribution >= 4 is 44.6 Å². The SMILES string of the molecule is [2H]c1c(-c2ccccc2)c([2H])c(C(C)(C)C)c([2H])c1-c1cc(C(C)(C)C)cc(-c2ccc3c(c2)C(C)(C)CCC3(C)C)c1N1CN(c2cccc(Oc3ccc4c5c([2H])c([2H])c([2H])c([2H])c5n(-c5cc(C(C)(C)C)ccn5)c4c3)c2)c2ccccc21. The van der Waals surface area contributed by atoms with Crippen LogP contribution in [0.5, 0.6) is 11.5 Å². The molecule has 2 aliphatic rings. The van der Waals surface area contributed by atoms with Crippen LogP contribution in [0.2, 0.25) is 0 Å². The average Bonchev–Trinajstić information content (AvgIpc) is 1.37. The monoisotopic (exact) mass is 1040 g/mol. The number of aromatic nitrogens is 2. The number of hydrogen-bond donors (Lipinski definition) is 0. The van der Waals surface area contributed by atoms with Gasteiger partial charge < -0.3 is 14.5 Å². The van der Waals surface area contributed by atoms with Crippen LogP contribution in [0.15, 0.2) is 188 Å². The van der Waals surface area contributed by atoms with Gasteiger partial charge in [-0.2, -0.15) is 0 Å². The largest absolute Gasteiger partial charge is 0.457 e. The van der Waals surface area contributed by atoms with Crippen LogP contribution in [-0.4, -0.2) is 16.2 Å². The third-order valence-electron chi connectivity index (χ3n) is 16.6. The van der Waals surface area contributed by atoms with Crippen molar-refractivity contribution in [3.8, 4) is 50.7 Å². The fourth-order valence-corrected chi connectivity index (χ4v) is 11.7. The molecule has 0 atom stereocenters. The highest BCUT2D eigenvalue weighted by Gasteiger charge is 2.39. The van der Waals surface area contributed by atoms with E-state index in [1.54, 1.807) is 6.20 Å². The zero-order valence-corrected chi connectivity index (χ0v) is 48.2. The van der Waals surface area contributed by atoms with Crippen molar-refractivity contribution in [1.82, 2.24) is 9.55 Å². The zero-order valence-electron chi connectivity index (χ0n) is 55.2. The maximum absolute atomic E-state index is 10.4. The molecule has 0 fully saturated rings. The Kier molecular flexibility index (Phi) is 10.5. The number of pyridine rings is 1. The van der Waals surface area contributed by atoms with Gasteiger partial charge in [0.25, 0.3) is 0 Å². The molecule has 3 heterocycles. The smallest absolute Gasteiger partial charge is 0.137 e. The van der Waals surface area contributed by atoms with Crippen LogP contribution >= 0.6 is 0 Å². The highest BCUT2D eigenvalue weighted by atomic mass is 16.5. The van der Waals surface area contributed by atoms with Crippen LogP contribution in [0, 0.1) is 0 Å². The Morgan fingerprint density at radius 1 is 0.494 bits per heavy atom. The van der Waals surface area contributed by atoms with Crippen LogP contribution < -0.4 is 14.5 Å². The molecule has 10 aromatic rings. The molecule has 0 saturated heterocycles. The lowest BCUT2D eigenvalue weighted by Crippen LogP contribution is -2.33. The Morgan fingerprint density at radius 3 is 1.86 bits per heavy atom. The summed E-state index contributed by atoms with van der Waals surface area (Å²) in [6.45, 7) is 29.1. The van der Waals surface area contributed by atoms with Crippen LogP contribution in [0.4, 0.5) is 22.7 Å². The van der Waals surface area contributed by atoms with Gasteiger partial charge in [0.1, 0.15) is 24.0 Å². The minimum Gasteiger partial charge on any atom is -0.457 e. The van der Waals surface area contributed by atoms with Crippen molar-refractivity contribution in [2.24, 2.45) is 0 Å². The first-order valence-electron chi connectivity index (χ1n) is 31.4. The Balaban J connectivity index is 1.05. The number of anilines is 4. The lowest BCUT2D eigenvalue weighted by Gasteiger charge is -2.42. The molecule has 0 bridgehead atoms. The zero-order chi connectivity index (χ0) is 61.5. The molecular formula is C74H76N4O. The summed E-state index contributed by atoms with van der Waals surface area (Å²) in [5.74, 6) is 1.62. The second kappa shape index (κ2) is 18.9. The van der Waals surface area contributed by atoms with Gasteiger partial charge >= 0.3 is 0 Å². The summed E-state index contributed by atoms with van der Waals surface area (Å²) < 4.78 is 75.0. The molecule has 0 unspecified atom stereocenters. The topological polar surface area (TPSA) is 33.5 Å². The summed E-state index contributed by atoms with van der Waals surface area (Å²) >= 11 is 0. The number of ether oxygens (including phenoxy) is 1. The number of para-hydroxylation sites is 3. The van der Waals surface area contributed by atoms with Gasteiger partial charge in [0.2, 0.25) is 0 Å². The van der Waals surface area contributed by atoms with Crippen LogP contribution in [-0.2, 0) is 27.1 Å². The van der Waals surface area contributed by atoms with Gasteiger partial charge in [0.05, 0.1) is 37.7 Å². The fraction of sp³-hybridized carbons (Fsp3) is 0.284. The van der Waals surface area contributed by atoms with Crippen molar-refractivity contribution in [2.75, 3.05) is 16.5 Å². The van der Waals surface area contributed by atoms with Gasteiger partial charge in [0.15, 0.2) is 0 Å². The van der Waals surface area contributed by atoms with Gasteiger partial charge in [-0.25, -0.2) is 4.98 Å². The van der Waals surface area contributed by atoms with Crippen molar-refractivity contribution in [3.05, 3.63) is 216 Å². The Labute approximate surface area is 479 Å². The second-order valence-corrected chi connectivity index (χ2v) is 26.3. The molecule has 8 aromatic carbocycles. The lowest BCUT2D eigenvalue weighted by molar-refractivity contribution is 0.332. The predicted octanol–water partition coefficient (Wildman–Crippen LogP) is 20.5. The quantitative estimate of drug-likeness (QED) is 0.152. The molecule has 0 N–H and O–H groups in total. The van der Waals surface area contributed by atoms with E-state index in [1.165, 1.54) is 11.1 Å². The molecule has 1 aliphatic carbocycles. The van der Waals surface area contributed by atoms with E-state index in [0.29, 0.717) is 62.5 Å². The Bertz CT molecular complexity index is 4410. The third-order valence-corrected chi connectivity index (χ3v) is 16.6. The summed E-state index contributed by atoms with van der Waals surface area (Å²) in [4.78, 5) is 9.45. The molecule has 0 saturated carbocycles. The molecular weight excluding hydrogens is 961 g/mol. The summed E-state index contributed by atoms with van der Waals surface area (Å²) in [5.41, 5.74) is 13.4. The third kappa shape index (κ3) is 9.49. The molecule has 398 valence electrons. The molecule has 12 rings (SSSR count). The van der Waals surface area contributed by atoms with Crippen LogP contribution in [0.3, 0.4) is 0 Å². The highest BCUT2D eigenvalue weighted by molar-refractivity contribution is 6.09. The first-order chi connectivity index (χ1) is 40.5. The molecule has 0 spiro atoms. The van der Waals surface area contributed by atoms with Gasteiger partial charge in [0, 0.05) is 45.9 Å². The number of hydrogen-bond acceptors (Lipinski definition) is 4. The highest BCUT2D eigenvalue weighted by Crippen LogP contribution is 2.54. The Morgan fingerprint density at radius 2 is 1.14 bits per heavy atom. The van der Waals surface area contributed by atoms with E-state index in [2.05, 4.69) is 160 Å². The van der Waals surface area contributed by atoms with Crippen LogP contribution in [0.25, 0.3) is 61.0 Å².